The second-order valence-electron chi connectivity index (χ2n) is 6.86. The van der Waals surface area contributed by atoms with E-state index in [0.717, 1.165) is 57.1 Å². The van der Waals surface area contributed by atoms with Crippen molar-refractivity contribution >= 4 is 11.8 Å². The largest absolute Gasteiger partial charge is 0.378 e. The first-order valence-corrected chi connectivity index (χ1v) is 9.25. The molecule has 0 atom stereocenters. The van der Waals surface area contributed by atoms with E-state index in [-0.39, 0.29) is 0 Å². The third kappa shape index (κ3) is 4.51. The Kier molecular flexibility index (Phi) is 5.45. The van der Waals surface area contributed by atoms with Gasteiger partial charge in [-0.2, -0.15) is 4.98 Å². The van der Waals surface area contributed by atoms with E-state index in [1.165, 1.54) is 12.1 Å². The molecule has 0 radical (unpaired) electrons. The van der Waals surface area contributed by atoms with E-state index in [2.05, 4.69) is 19.7 Å². The molecular formula is C19H23F2N5O. The summed E-state index contributed by atoms with van der Waals surface area (Å²) in [7, 11) is 0. The summed E-state index contributed by atoms with van der Waals surface area (Å²) >= 11 is 0. The van der Waals surface area contributed by atoms with Gasteiger partial charge in [0.15, 0.2) is 0 Å². The smallest absolute Gasteiger partial charge is 0.227 e. The summed E-state index contributed by atoms with van der Waals surface area (Å²) < 4.78 is 32.1. The lowest BCUT2D eigenvalue weighted by atomic mass is 10.2. The molecule has 3 heterocycles. The van der Waals surface area contributed by atoms with Crippen molar-refractivity contribution in [3.05, 3.63) is 47.7 Å². The van der Waals surface area contributed by atoms with Gasteiger partial charge in [0.2, 0.25) is 5.95 Å². The van der Waals surface area contributed by atoms with Gasteiger partial charge in [-0.15, -0.1) is 0 Å². The highest BCUT2D eigenvalue weighted by atomic mass is 19.1. The van der Waals surface area contributed by atoms with Crippen molar-refractivity contribution in [1.29, 1.82) is 0 Å². The van der Waals surface area contributed by atoms with Crippen LogP contribution in [0.25, 0.3) is 0 Å². The van der Waals surface area contributed by atoms with Crippen LogP contribution in [0.4, 0.5) is 20.5 Å². The van der Waals surface area contributed by atoms with Gasteiger partial charge in [-0.05, 0) is 23.8 Å². The molecule has 0 N–H and O–H groups in total. The summed E-state index contributed by atoms with van der Waals surface area (Å²) in [5.41, 5.74) is 0.664. The number of anilines is 2. The lowest BCUT2D eigenvalue weighted by Crippen LogP contribution is -2.46. The zero-order chi connectivity index (χ0) is 18.6. The van der Waals surface area contributed by atoms with Gasteiger partial charge in [-0.3, -0.25) is 4.90 Å². The Morgan fingerprint density at radius 1 is 0.889 bits per heavy atom. The van der Waals surface area contributed by atoms with Gasteiger partial charge in [0.25, 0.3) is 0 Å². The molecule has 2 aliphatic heterocycles. The number of hydrogen-bond donors (Lipinski definition) is 0. The Labute approximate surface area is 157 Å². The summed E-state index contributed by atoms with van der Waals surface area (Å²) in [6.45, 7) is 6.83. The van der Waals surface area contributed by atoms with Crippen molar-refractivity contribution in [1.82, 2.24) is 14.9 Å². The van der Waals surface area contributed by atoms with Crippen LogP contribution in [0.15, 0.2) is 30.5 Å². The van der Waals surface area contributed by atoms with Crippen LogP contribution in [0, 0.1) is 11.6 Å². The maximum Gasteiger partial charge on any atom is 0.227 e. The Morgan fingerprint density at radius 2 is 1.59 bits per heavy atom. The molecule has 0 saturated carbocycles. The average Bonchev–Trinajstić information content (AvgIpc) is 2.69. The second kappa shape index (κ2) is 8.14. The SMILES string of the molecule is Fc1cc(F)cc(CN2CCN(c3ccnc(N4CCOCC4)n3)CC2)c1. The predicted octanol–water partition coefficient (Wildman–Crippen LogP) is 1.91. The van der Waals surface area contributed by atoms with E-state index in [0.29, 0.717) is 25.3 Å². The van der Waals surface area contributed by atoms with Crippen molar-refractivity contribution in [2.75, 3.05) is 62.3 Å². The maximum absolute atomic E-state index is 13.4. The number of rotatable bonds is 4. The van der Waals surface area contributed by atoms with Gasteiger partial charge in [-0.1, -0.05) is 0 Å². The van der Waals surface area contributed by atoms with E-state index in [4.69, 9.17) is 9.72 Å². The average molecular weight is 375 g/mol. The molecular weight excluding hydrogens is 352 g/mol. The topological polar surface area (TPSA) is 44.7 Å². The Morgan fingerprint density at radius 3 is 2.30 bits per heavy atom. The third-order valence-corrected chi connectivity index (χ3v) is 4.95. The van der Waals surface area contributed by atoms with E-state index in [1.54, 1.807) is 6.20 Å². The van der Waals surface area contributed by atoms with Crippen molar-refractivity contribution in [3.8, 4) is 0 Å². The van der Waals surface area contributed by atoms with Crippen LogP contribution in [0.3, 0.4) is 0 Å². The minimum Gasteiger partial charge on any atom is -0.378 e. The molecule has 27 heavy (non-hydrogen) atoms. The number of halogens is 2. The highest BCUT2D eigenvalue weighted by Gasteiger charge is 2.20. The lowest BCUT2D eigenvalue weighted by molar-refractivity contribution is 0.122. The zero-order valence-corrected chi connectivity index (χ0v) is 15.2. The second-order valence-corrected chi connectivity index (χ2v) is 6.86. The van der Waals surface area contributed by atoms with Gasteiger partial charge in [0.05, 0.1) is 13.2 Å². The number of piperazine rings is 1. The molecule has 0 aliphatic carbocycles. The fourth-order valence-electron chi connectivity index (χ4n) is 3.53. The first kappa shape index (κ1) is 18.1. The molecule has 4 rings (SSSR count). The van der Waals surface area contributed by atoms with Crippen LogP contribution in [0.1, 0.15) is 5.56 Å². The standard InChI is InChI=1S/C19H23F2N5O/c20-16-11-15(12-17(21)13-16)14-24-3-5-25(6-4-24)18-1-2-22-19(23-18)26-7-9-27-10-8-26/h1-2,11-13H,3-10,14H2. The number of nitrogens with zero attached hydrogens (tertiary/aromatic N) is 5. The molecule has 2 aromatic rings. The van der Waals surface area contributed by atoms with E-state index < -0.39 is 11.6 Å². The van der Waals surface area contributed by atoms with Crippen LogP contribution in [-0.2, 0) is 11.3 Å². The number of morpholine rings is 1. The van der Waals surface area contributed by atoms with Gasteiger partial charge < -0.3 is 14.5 Å². The molecule has 2 aliphatic rings. The number of benzene rings is 1. The van der Waals surface area contributed by atoms with Gasteiger partial charge >= 0.3 is 0 Å². The van der Waals surface area contributed by atoms with Crippen LogP contribution in [0.2, 0.25) is 0 Å². The minimum atomic E-state index is -0.528. The van der Waals surface area contributed by atoms with Crippen molar-refractivity contribution in [2.24, 2.45) is 0 Å². The fourth-order valence-corrected chi connectivity index (χ4v) is 3.53. The van der Waals surface area contributed by atoms with Crippen LogP contribution < -0.4 is 9.80 Å². The Hall–Kier alpha value is -2.32. The Balaban J connectivity index is 1.36. The summed E-state index contributed by atoms with van der Waals surface area (Å²) in [6.07, 6.45) is 1.80. The molecule has 144 valence electrons. The highest BCUT2D eigenvalue weighted by Crippen LogP contribution is 2.19. The lowest BCUT2D eigenvalue weighted by Gasteiger charge is -2.36. The summed E-state index contributed by atoms with van der Waals surface area (Å²) in [5, 5.41) is 0. The van der Waals surface area contributed by atoms with E-state index >= 15 is 0 Å². The zero-order valence-electron chi connectivity index (χ0n) is 15.2. The molecule has 1 aromatic heterocycles. The molecule has 2 fully saturated rings. The van der Waals surface area contributed by atoms with Gasteiger partial charge in [0, 0.05) is 58.1 Å². The quantitative estimate of drug-likeness (QED) is 0.814. The number of hydrogen-bond acceptors (Lipinski definition) is 6. The molecule has 0 unspecified atom stereocenters. The van der Waals surface area contributed by atoms with Crippen LogP contribution >= 0.6 is 0 Å². The molecule has 1 aromatic carbocycles. The van der Waals surface area contributed by atoms with Crippen molar-refractivity contribution in [2.45, 2.75) is 6.54 Å². The number of ether oxygens (including phenoxy) is 1. The van der Waals surface area contributed by atoms with Gasteiger partial charge in [-0.25, -0.2) is 13.8 Å². The Bertz CT molecular complexity index is 756. The summed E-state index contributed by atoms with van der Waals surface area (Å²) in [4.78, 5) is 15.7. The predicted molar refractivity (Wildman–Crippen MR) is 98.9 cm³/mol. The third-order valence-electron chi connectivity index (χ3n) is 4.95. The molecule has 6 nitrogen and oxygen atoms in total. The monoisotopic (exact) mass is 375 g/mol. The van der Waals surface area contributed by atoms with Crippen LogP contribution in [-0.4, -0.2) is 67.4 Å². The normalized spacial score (nSPS) is 18.7. The van der Waals surface area contributed by atoms with Crippen LogP contribution in [0.5, 0.6) is 0 Å². The maximum atomic E-state index is 13.4. The molecule has 8 heteroatoms. The molecule has 2 saturated heterocycles. The molecule has 0 bridgehead atoms. The first-order valence-electron chi connectivity index (χ1n) is 9.25. The van der Waals surface area contributed by atoms with Gasteiger partial charge in [0.1, 0.15) is 17.5 Å². The first-order chi connectivity index (χ1) is 13.2. The van der Waals surface area contributed by atoms with Crippen molar-refractivity contribution < 1.29 is 13.5 Å². The van der Waals surface area contributed by atoms with E-state index in [9.17, 15) is 8.78 Å². The fraction of sp³-hybridized carbons (Fsp3) is 0.474. The van der Waals surface area contributed by atoms with E-state index in [1.807, 2.05) is 6.07 Å². The minimum absolute atomic E-state index is 0.528. The summed E-state index contributed by atoms with van der Waals surface area (Å²) in [6, 6.07) is 5.63. The van der Waals surface area contributed by atoms with Crippen molar-refractivity contribution in [3.63, 3.8) is 0 Å². The number of aromatic nitrogens is 2. The molecule has 0 amide bonds. The molecule has 0 spiro atoms. The summed E-state index contributed by atoms with van der Waals surface area (Å²) in [5.74, 6) is 0.608. The highest BCUT2D eigenvalue weighted by molar-refractivity contribution is 5.44.